The van der Waals surface area contributed by atoms with E-state index in [2.05, 4.69) is 10.3 Å². The fourth-order valence-corrected chi connectivity index (χ4v) is 3.63. The Kier molecular flexibility index (Phi) is 6.80. The maximum Gasteiger partial charge on any atom is 0.255 e. The molecule has 2 amide bonds. The van der Waals surface area contributed by atoms with Crippen molar-refractivity contribution in [3.05, 3.63) is 65.5 Å². The molecule has 2 aromatic rings. The average Bonchev–Trinajstić information content (AvgIpc) is 2.73. The van der Waals surface area contributed by atoms with Gasteiger partial charge in [0.15, 0.2) is 0 Å². The van der Waals surface area contributed by atoms with Gasteiger partial charge < -0.3 is 10.2 Å². The molecule has 1 aromatic carbocycles. The molecular weight excluding hydrogens is 350 g/mol. The summed E-state index contributed by atoms with van der Waals surface area (Å²) in [4.78, 5) is 31.7. The molecule has 0 saturated heterocycles. The number of nitrogens with one attached hydrogen (secondary N) is 1. The van der Waals surface area contributed by atoms with Gasteiger partial charge in [0.2, 0.25) is 0 Å². The number of nitrogens with zero attached hydrogens (tertiary/aromatic N) is 2. The van der Waals surface area contributed by atoms with E-state index in [9.17, 15) is 9.59 Å². The van der Waals surface area contributed by atoms with Gasteiger partial charge >= 0.3 is 0 Å². The minimum Gasteiger partial charge on any atom is -0.349 e. The van der Waals surface area contributed by atoms with Crippen molar-refractivity contribution in [3.63, 3.8) is 0 Å². The summed E-state index contributed by atoms with van der Waals surface area (Å²) in [5, 5.41) is 3.09. The van der Waals surface area contributed by atoms with Gasteiger partial charge in [-0.3, -0.25) is 14.6 Å². The third-order valence-corrected chi connectivity index (χ3v) is 5.27. The third-order valence-electron chi connectivity index (χ3n) is 5.27. The fourth-order valence-electron chi connectivity index (χ4n) is 3.63. The molecule has 1 fully saturated rings. The fraction of sp³-hybridized carbons (Fsp3) is 0.435. The monoisotopic (exact) mass is 379 g/mol. The topological polar surface area (TPSA) is 62.3 Å². The van der Waals surface area contributed by atoms with Crippen molar-refractivity contribution in [1.29, 1.82) is 0 Å². The summed E-state index contributed by atoms with van der Waals surface area (Å²) in [6.07, 6.45) is 8.68. The largest absolute Gasteiger partial charge is 0.349 e. The van der Waals surface area contributed by atoms with Gasteiger partial charge in [-0.1, -0.05) is 49.6 Å². The summed E-state index contributed by atoms with van der Waals surface area (Å²) >= 11 is 0. The van der Waals surface area contributed by atoms with Crippen molar-refractivity contribution in [1.82, 2.24) is 15.2 Å². The highest BCUT2D eigenvalue weighted by Gasteiger charge is 2.22. The lowest BCUT2D eigenvalue weighted by molar-refractivity contribution is 0.0690. The lowest BCUT2D eigenvalue weighted by Gasteiger charge is -2.27. The minimum atomic E-state index is -0.145. The Morgan fingerprint density at radius 1 is 1.07 bits per heavy atom. The van der Waals surface area contributed by atoms with Crippen molar-refractivity contribution < 1.29 is 9.59 Å². The molecule has 1 aromatic heterocycles. The van der Waals surface area contributed by atoms with Crippen molar-refractivity contribution in [3.8, 4) is 0 Å². The first-order chi connectivity index (χ1) is 13.5. The van der Waals surface area contributed by atoms with E-state index in [1.165, 1.54) is 12.6 Å². The van der Waals surface area contributed by atoms with Crippen molar-refractivity contribution in [2.24, 2.45) is 0 Å². The van der Waals surface area contributed by atoms with Crippen LogP contribution in [0.1, 0.15) is 72.2 Å². The van der Waals surface area contributed by atoms with Crippen LogP contribution in [0.15, 0.2) is 48.8 Å². The lowest BCUT2D eigenvalue weighted by Crippen LogP contribution is -2.37. The zero-order chi connectivity index (χ0) is 19.9. The van der Waals surface area contributed by atoms with Crippen LogP contribution in [0.3, 0.4) is 0 Å². The molecule has 0 bridgehead atoms. The van der Waals surface area contributed by atoms with E-state index in [0.717, 1.165) is 31.2 Å². The van der Waals surface area contributed by atoms with Crippen LogP contribution in [0, 0.1) is 0 Å². The maximum atomic E-state index is 13.1. The number of hydrogen-bond donors (Lipinski definition) is 1. The minimum absolute atomic E-state index is 0.0347. The summed E-state index contributed by atoms with van der Waals surface area (Å²) in [6, 6.07) is 11.8. The van der Waals surface area contributed by atoms with E-state index in [-0.39, 0.29) is 23.9 Å². The van der Waals surface area contributed by atoms with Gasteiger partial charge in [0.1, 0.15) is 0 Å². The molecule has 1 aliphatic carbocycles. The Morgan fingerprint density at radius 3 is 2.43 bits per heavy atom. The number of pyridine rings is 1. The van der Waals surface area contributed by atoms with Crippen LogP contribution in [0.2, 0.25) is 0 Å². The van der Waals surface area contributed by atoms with Crippen LogP contribution in [0.4, 0.5) is 0 Å². The van der Waals surface area contributed by atoms with Gasteiger partial charge in [-0.15, -0.1) is 0 Å². The molecule has 1 heterocycles. The highest BCUT2D eigenvalue weighted by Crippen LogP contribution is 2.18. The Balaban J connectivity index is 1.73. The first kappa shape index (κ1) is 20.1. The zero-order valence-electron chi connectivity index (χ0n) is 16.7. The second-order valence-electron chi connectivity index (χ2n) is 7.78. The third kappa shape index (κ3) is 5.18. The Hall–Kier alpha value is -2.69. The van der Waals surface area contributed by atoms with Crippen LogP contribution in [-0.2, 0) is 6.54 Å². The van der Waals surface area contributed by atoms with E-state index in [0.29, 0.717) is 17.7 Å². The molecule has 3 rings (SSSR count). The van der Waals surface area contributed by atoms with Crippen molar-refractivity contribution in [2.45, 2.75) is 64.6 Å². The summed E-state index contributed by atoms with van der Waals surface area (Å²) in [6.45, 7) is 4.51. The van der Waals surface area contributed by atoms with E-state index < -0.39 is 0 Å². The maximum absolute atomic E-state index is 13.1. The number of amides is 2. The Bertz CT molecular complexity index is 799. The lowest BCUT2D eigenvalue weighted by atomic mass is 9.95. The molecule has 5 heteroatoms. The molecule has 5 nitrogen and oxygen atoms in total. The molecule has 1 N–H and O–H groups in total. The number of carbonyl (C=O) groups excluding carboxylic acids is 2. The number of aromatic nitrogens is 1. The highest BCUT2D eigenvalue weighted by molar-refractivity contribution is 5.99. The number of carbonyl (C=O) groups is 2. The summed E-state index contributed by atoms with van der Waals surface area (Å²) < 4.78 is 0. The molecule has 0 spiro atoms. The number of hydrogen-bond acceptors (Lipinski definition) is 3. The predicted octanol–water partition coefficient (Wildman–Crippen LogP) is 4.19. The summed E-state index contributed by atoms with van der Waals surface area (Å²) in [5.41, 5.74) is 1.96. The van der Waals surface area contributed by atoms with Gasteiger partial charge in [0, 0.05) is 31.0 Å². The molecule has 1 aliphatic rings. The first-order valence-electron chi connectivity index (χ1n) is 10.2. The van der Waals surface area contributed by atoms with Crippen LogP contribution in [0.25, 0.3) is 0 Å². The molecule has 0 aliphatic heterocycles. The van der Waals surface area contributed by atoms with Gasteiger partial charge in [-0.05, 0) is 38.3 Å². The molecular formula is C23H29N3O2. The van der Waals surface area contributed by atoms with Crippen LogP contribution < -0.4 is 5.32 Å². The highest BCUT2D eigenvalue weighted by atomic mass is 16.2. The van der Waals surface area contributed by atoms with Crippen molar-refractivity contribution in [2.75, 3.05) is 0 Å². The SMILES string of the molecule is CC(C)N(Cc1ccccc1)C(=O)c1cncc(C(=O)NC2CCCCC2)c1. The van der Waals surface area contributed by atoms with Gasteiger partial charge in [0.25, 0.3) is 11.8 Å². The molecule has 1 saturated carbocycles. The summed E-state index contributed by atoms with van der Waals surface area (Å²) in [7, 11) is 0. The smallest absolute Gasteiger partial charge is 0.255 e. The Morgan fingerprint density at radius 2 is 1.75 bits per heavy atom. The standard InChI is InChI=1S/C23H29N3O2/c1-17(2)26(16-18-9-5-3-6-10-18)23(28)20-13-19(14-24-15-20)22(27)25-21-11-7-4-8-12-21/h3,5-6,9-10,13-15,17,21H,4,7-8,11-12,16H2,1-2H3,(H,25,27). The van der Waals surface area contributed by atoms with Gasteiger partial charge in [-0.2, -0.15) is 0 Å². The van der Waals surface area contributed by atoms with Crippen molar-refractivity contribution >= 4 is 11.8 Å². The second-order valence-corrected chi connectivity index (χ2v) is 7.78. The first-order valence-corrected chi connectivity index (χ1v) is 10.2. The van der Waals surface area contributed by atoms with Gasteiger partial charge in [-0.25, -0.2) is 0 Å². The zero-order valence-corrected chi connectivity index (χ0v) is 16.7. The number of benzene rings is 1. The molecule has 148 valence electrons. The van der Waals surface area contributed by atoms with Crippen LogP contribution in [0.5, 0.6) is 0 Å². The molecule has 28 heavy (non-hydrogen) atoms. The van der Waals surface area contributed by atoms with Crippen LogP contribution in [-0.4, -0.2) is 33.8 Å². The molecule has 0 atom stereocenters. The van der Waals surface area contributed by atoms with E-state index in [4.69, 9.17) is 0 Å². The average molecular weight is 380 g/mol. The van der Waals surface area contributed by atoms with Gasteiger partial charge in [0.05, 0.1) is 11.1 Å². The molecule has 0 unspecified atom stereocenters. The quantitative estimate of drug-likeness (QED) is 0.818. The van der Waals surface area contributed by atoms with E-state index in [1.807, 2.05) is 44.2 Å². The predicted molar refractivity (Wildman–Crippen MR) is 110 cm³/mol. The van der Waals surface area contributed by atoms with E-state index >= 15 is 0 Å². The summed E-state index contributed by atoms with van der Waals surface area (Å²) in [5.74, 6) is -0.258. The van der Waals surface area contributed by atoms with Crippen LogP contribution >= 0.6 is 0 Å². The second kappa shape index (κ2) is 9.49. The Labute approximate surface area is 167 Å². The van der Waals surface area contributed by atoms with E-state index in [1.54, 1.807) is 17.2 Å². The number of rotatable bonds is 6. The molecule has 0 radical (unpaired) electrons. The normalized spacial score (nSPS) is 14.7.